The minimum absolute atomic E-state index is 0.294. The molecular weight excluding hydrogens is 230 g/mol. The minimum atomic E-state index is -1.07. The molecule has 1 aliphatic rings. The second-order valence-corrected chi connectivity index (χ2v) is 4.86. The van der Waals surface area contributed by atoms with E-state index in [1.165, 1.54) is 0 Å². The van der Waals surface area contributed by atoms with E-state index in [2.05, 4.69) is 5.32 Å². The van der Waals surface area contributed by atoms with E-state index in [1.54, 1.807) is 12.1 Å². The molecule has 0 spiro atoms. The number of aryl methyl sites for hydroxylation is 1. The maximum Gasteiger partial charge on any atom is 0.329 e. The van der Waals surface area contributed by atoms with Gasteiger partial charge in [0.25, 0.3) is 5.91 Å². The van der Waals surface area contributed by atoms with Crippen molar-refractivity contribution in [1.29, 1.82) is 0 Å². The van der Waals surface area contributed by atoms with Crippen molar-refractivity contribution in [3.63, 3.8) is 0 Å². The second kappa shape index (κ2) is 4.80. The molecule has 0 saturated heterocycles. The number of benzene rings is 1. The number of nitrogens with one attached hydrogen (secondary N) is 1. The van der Waals surface area contributed by atoms with Crippen LogP contribution in [0, 0.1) is 6.92 Å². The van der Waals surface area contributed by atoms with Gasteiger partial charge in [0, 0.05) is 5.56 Å². The maximum atomic E-state index is 12.2. The highest BCUT2D eigenvalue weighted by Gasteiger charge is 2.42. The van der Waals surface area contributed by atoms with Gasteiger partial charge in [-0.3, -0.25) is 4.79 Å². The smallest absolute Gasteiger partial charge is 0.329 e. The lowest BCUT2D eigenvalue weighted by Gasteiger charge is -2.25. The molecule has 0 bridgehead atoms. The molecule has 1 aromatic carbocycles. The summed E-state index contributed by atoms with van der Waals surface area (Å²) >= 11 is 0. The molecule has 2 N–H and O–H groups in total. The Hall–Kier alpha value is -1.84. The number of carboxylic acids is 1. The van der Waals surface area contributed by atoms with Gasteiger partial charge in [-0.1, -0.05) is 31.0 Å². The molecule has 0 aromatic heterocycles. The van der Waals surface area contributed by atoms with E-state index in [0.29, 0.717) is 18.4 Å². The Kier molecular flexibility index (Phi) is 3.36. The number of carbonyl (C=O) groups excluding carboxylic acids is 1. The highest BCUT2D eigenvalue weighted by molar-refractivity contribution is 5.99. The number of hydrogen-bond donors (Lipinski definition) is 2. The van der Waals surface area contributed by atoms with E-state index in [4.69, 9.17) is 0 Å². The first-order valence-corrected chi connectivity index (χ1v) is 6.17. The molecule has 18 heavy (non-hydrogen) atoms. The van der Waals surface area contributed by atoms with Crippen molar-refractivity contribution in [2.45, 2.75) is 38.1 Å². The largest absolute Gasteiger partial charge is 0.480 e. The molecule has 1 fully saturated rings. The average molecular weight is 247 g/mol. The van der Waals surface area contributed by atoms with Crippen LogP contribution in [0.1, 0.15) is 41.6 Å². The van der Waals surface area contributed by atoms with Crippen LogP contribution in [0.4, 0.5) is 0 Å². The van der Waals surface area contributed by atoms with Crippen LogP contribution in [0.5, 0.6) is 0 Å². The van der Waals surface area contributed by atoms with E-state index < -0.39 is 11.5 Å². The Morgan fingerprint density at radius 1 is 1.22 bits per heavy atom. The Balaban J connectivity index is 2.21. The van der Waals surface area contributed by atoms with Gasteiger partial charge >= 0.3 is 5.97 Å². The Morgan fingerprint density at radius 2 is 1.83 bits per heavy atom. The van der Waals surface area contributed by atoms with Gasteiger partial charge in [0.1, 0.15) is 5.54 Å². The number of aliphatic carboxylic acids is 1. The lowest BCUT2D eigenvalue weighted by molar-refractivity contribution is -0.144. The predicted octanol–water partition coefficient (Wildman–Crippen LogP) is 2.12. The molecule has 0 heterocycles. The topological polar surface area (TPSA) is 66.4 Å². The SMILES string of the molecule is Cc1ccccc1C(=O)NC1(C(=O)O)CCCC1. The lowest BCUT2D eigenvalue weighted by atomic mass is 9.96. The van der Waals surface area contributed by atoms with E-state index >= 15 is 0 Å². The molecule has 4 nitrogen and oxygen atoms in total. The van der Waals surface area contributed by atoms with Crippen LogP contribution < -0.4 is 5.32 Å². The molecule has 1 aromatic rings. The molecule has 0 atom stereocenters. The molecule has 4 heteroatoms. The Bertz CT molecular complexity index is 476. The molecular formula is C14H17NO3. The van der Waals surface area contributed by atoms with Gasteiger partial charge in [-0.05, 0) is 31.4 Å². The van der Waals surface area contributed by atoms with Crippen molar-refractivity contribution < 1.29 is 14.7 Å². The third-order valence-corrected chi connectivity index (χ3v) is 3.61. The van der Waals surface area contributed by atoms with Crippen molar-refractivity contribution in [1.82, 2.24) is 5.32 Å². The third kappa shape index (κ3) is 2.23. The monoisotopic (exact) mass is 247 g/mol. The van der Waals surface area contributed by atoms with Gasteiger partial charge in [-0.15, -0.1) is 0 Å². The van der Waals surface area contributed by atoms with Gasteiger partial charge in [0.15, 0.2) is 0 Å². The third-order valence-electron chi connectivity index (χ3n) is 3.61. The van der Waals surface area contributed by atoms with Crippen LogP contribution >= 0.6 is 0 Å². The first-order chi connectivity index (χ1) is 8.55. The summed E-state index contributed by atoms with van der Waals surface area (Å²) in [6.45, 7) is 1.84. The van der Waals surface area contributed by atoms with Crippen molar-refractivity contribution >= 4 is 11.9 Å². The number of carboxylic acid groups (broad SMARTS) is 1. The van der Waals surface area contributed by atoms with Gasteiger partial charge < -0.3 is 10.4 Å². The zero-order valence-corrected chi connectivity index (χ0v) is 10.4. The summed E-state index contributed by atoms with van der Waals surface area (Å²) in [7, 11) is 0. The zero-order valence-electron chi connectivity index (χ0n) is 10.4. The van der Waals surface area contributed by atoms with Crippen molar-refractivity contribution in [2.24, 2.45) is 0 Å². The van der Waals surface area contributed by atoms with E-state index in [1.807, 2.05) is 19.1 Å². The van der Waals surface area contributed by atoms with Crippen LogP contribution in [0.25, 0.3) is 0 Å². The number of carbonyl (C=O) groups is 2. The van der Waals surface area contributed by atoms with Gasteiger partial charge in [0.05, 0.1) is 0 Å². The summed E-state index contributed by atoms with van der Waals surface area (Å²) in [6, 6.07) is 7.20. The Morgan fingerprint density at radius 3 is 2.39 bits per heavy atom. The van der Waals surface area contributed by atoms with Gasteiger partial charge in [0.2, 0.25) is 0 Å². The number of rotatable bonds is 3. The molecule has 1 aliphatic carbocycles. The Labute approximate surface area is 106 Å². The predicted molar refractivity (Wildman–Crippen MR) is 67.5 cm³/mol. The fraction of sp³-hybridized carbons (Fsp3) is 0.429. The first-order valence-electron chi connectivity index (χ1n) is 6.17. The van der Waals surface area contributed by atoms with Crippen LogP contribution in [-0.4, -0.2) is 22.5 Å². The minimum Gasteiger partial charge on any atom is -0.480 e. The molecule has 0 unspecified atom stereocenters. The summed E-state index contributed by atoms with van der Waals surface area (Å²) in [5.41, 5.74) is 0.331. The molecule has 1 amide bonds. The van der Waals surface area contributed by atoms with Crippen molar-refractivity contribution in [3.05, 3.63) is 35.4 Å². The summed E-state index contributed by atoms with van der Waals surface area (Å²) in [6.07, 6.45) is 2.72. The van der Waals surface area contributed by atoms with Crippen LogP contribution in [0.15, 0.2) is 24.3 Å². The standard InChI is InChI=1S/C14H17NO3/c1-10-6-2-3-7-11(10)12(16)15-14(13(17)18)8-4-5-9-14/h2-3,6-7H,4-5,8-9H2,1H3,(H,15,16)(H,17,18). The quantitative estimate of drug-likeness (QED) is 0.859. The van der Waals surface area contributed by atoms with E-state index in [-0.39, 0.29) is 5.91 Å². The van der Waals surface area contributed by atoms with E-state index in [0.717, 1.165) is 18.4 Å². The normalized spacial score (nSPS) is 17.4. The fourth-order valence-electron chi connectivity index (χ4n) is 2.48. The molecule has 2 rings (SSSR count). The second-order valence-electron chi connectivity index (χ2n) is 4.86. The van der Waals surface area contributed by atoms with Gasteiger partial charge in [-0.2, -0.15) is 0 Å². The molecule has 0 aliphatic heterocycles. The van der Waals surface area contributed by atoms with E-state index in [9.17, 15) is 14.7 Å². The zero-order chi connectivity index (χ0) is 13.2. The van der Waals surface area contributed by atoms with Crippen LogP contribution in [0.3, 0.4) is 0 Å². The lowest BCUT2D eigenvalue weighted by Crippen LogP contribution is -2.52. The maximum absolute atomic E-state index is 12.2. The van der Waals surface area contributed by atoms with Crippen LogP contribution in [0.2, 0.25) is 0 Å². The number of hydrogen-bond acceptors (Lipinski definition) is 2. The number of amides is 1. The summed E-state index contributed by atoms with van der Waals surface area (Å²) in [5.74, 6) is -1.22. The average Bonchev–Trinajstić information content (AvgIpc) is 2.79. The van der Waals surface area contributed by atoms with Crippen LogP contribution in [-0.2, 0) is 4.79 Å². The molecule has 1 saturated carbocycles. The summed E-state index contributed by atoms with van der Waals surface area (Å²) in [4.78, 5) is 23.5. The molecule has 0 radical (unpaired) electrons. The van der Waals surface area contributed by atoms with Crippen molar-refractivity contribution in [3.8, 4) is 0 Å². The highest BCUT2D eigenvalue weighted by atomic mass is 16.4. The first kappa shape index (κ1) is 12.6. The fourth-order valence-corrected chi connectivity index (χ4v) is 2.48. The van der Waals surface area contributed by atoms with Gasteiger partial charge in [-0.25, -0.2) is 4.79 Å². The highest BCUT2D eigenvalue weighted by Crippen LogP contribution is 2.30. The summed E-state index contributed by atoms with van der Waals surface area (Å²) in [5, 5.41) is 12.0. The molecule has 96 valence electrons. The summed E-state index contributed by atoms with van der Waals surface area (Å²) < 4.78 is 0. The van der Waals surface area contributed by atoms with Crippen molar-refractivity contribution in [2.75, 3.05) is 0 Å².